The molecule has 0 aliphatic rings. The number of esters is 2. The van der Waals surface area contributed by atoms with Crippen LogP contribution < -0.4 is 5.73 Å². The Kier molecular flexibility index (Phi) is 43.0. The molecule has 0 aromatic carbocycles. The molecule has 7 nitrogen and oxygen atoms in total. The number of hydrogen-bond acceptors (Lipinski definition) is 7. The summed E-state index contributed by atoms with van der Waals surface area (Å²) in [5.41, 5.74) is 5.67. The number of aliphatic hydroxyl groups is 1. The number of aliphatic hydroxyl groups excluding tert-OH is 1. The van der Waals surface area contributed by atoms with Crippen molar-refractivity contribution in [3.05, 3.63) is 0 Å². The van der Waals surface area contributed by atoms with Gasteiger partial charge in [-0.2, -0.15) is 0 Å². The van der Waals surface area contributed by atoms with E-state index in [2.05, 4.69) is 25.7 Å². The quantitative estimate of drug-likeness (QED) is 0.0468. The van der Waals surface area contributed by atoms with Crippen molar-refractivity contribution in [2.24, 2.45) is 5.73 Å². The molecule has 3 N–H and O–H groups in total. The molecule has 55 heavy (non-hydrogen) atoms. The Bertz CT molecular complexity index is 780. The predicted octanol–water partition coefficient (Wildman–Crippen LogP) is 13.2. The van der Waals surface area contributed by atoms with Gasteiger partial charge in [-0.1, -0.05) is 162 Å². The van der Waals surface area contributed by atoms with Crippen molar-refractivity contribution in [3.63, 3.8) is 0 Å². The summed E-state index contributed by atoms with van der Waals surface area (Å²) in [6, 6.07) is 0. The lowest BCUT2D eigenvalue weighted by molar-refractivity contribution is -0.150. The Morgan fingerprint density at radius 1 is 0.491 bits per heavy atom. The molecule has 0 heterocycles. The second kappa shape index (κ2) is 43.9. The first-order valence-corrected chi connectivity index (χ1v) is 24.4. The zero-order valence-electron chi connectivity index (χ0n) is 37.3. The summed E-state index contributed by atoms with van der Waals surface area (Å²) in [6.45, 7) is 10.7. The van der Waals surface area contributed by atoms with Crippen molar-refractivity contribution in [2.45, 2.75) is 264 Å². The Hall–Kier alpha value is -1.18. The molecule has 1 unspecified atom stereocenters. The van der Waals surface area contributed by atoms with Crippen LogP contribution in [0.5, 0.6) is 0 Å². The van der Waals surface area contributed by atoms with Gasteiger partial charge in [0.05, 0.1) is 12.7 Å². The Morgan fingerprint density at radius 2 is 0.891 bits per heavy atom. The molecule has 0 saturated heterocycles. The highest BCUT2D eigenvalue weighted by Crippen LogP contribution is 2.19. The van der Waals surface area contributed by atoms with E-state index in [1.54, 1.807) is 0 Å². The van der Waals surface area contributed by atoms with Gasteiger partial charge in [0.25, 0.3) is 0 Å². The van der Waals surface area contributed by atoms with Crippen LogP contribution >= 0.6 is 0 Å². The third-order valence-electron chi connectivity index (χ3n) is 11.2. The summed E-state index contributed by atoms with van der Waals surface area (Å²) in [6.07, 6.45) is 40.5. The molecule has 0 aliphatic heterocycles. The SMILES string of the molecule is CCCCCCCCCCCOC(=O)CCCCCN(CCCCCCCC(=O)OC(CCCCCCCC)CCCCCCCC)CC(O)CCCCN. The maximum absolute atomic E-state index is 12.8. The van der Waals surface area contributed by atoms with Crippen LogP contribution in [0, 0.1) is 0 Å². The van der Waals surface area contributed by atoms with Gasteiger partial charge in [0.15, 0.2) is 0 Å². The normalized spacial score (nSPS) is 12.2. The highest BCUT2D eigenvalue weighted by molar-refractivity contribution is 5.69. The van der Waals surface area contributed by atoms with Gasteiger partial charge >= 0.3 is 11.9 Å². The maximum Gasteiger partial charge on any atom is 0.306 e. The second-order valence-corrected chi connectivity index (χ2v) is 16.8. The Labute approximate surface area is 342 Å². The van der Waals surface area contributed by atoms with Crippen LogP contribution in [0.15, 0.2) is 0 Å². The summed E-state index contributed by atoms with van der Waals surface area (Å²) in [5.74, 6) is -0.0509. The molecule has 0 aromatic rings. The van der Waals surface area contributed by atoms with Crippen molar-refractivity contribution >= 4 is 11.9 Å². The summed E-state index contributed by atoms with van der Waals surface area (Å²) >= 11 is 0. The third-order valence-corrected chi connectivity index (χ3v) is 11.2. The average molecular weight is 781 g/mol. The van der Waals surface area contributed by atoms with E-state index in [-0.39, 0.29) is 24.1 Å². The fourth-order valence-electron chi connectivity index (χ4n) is 7.61. The maximum atomic E-state index is 12.8. The lowest BCUT2D eigenvalue weighted by Crippen LogP contribution is -2.34. The smallest absolute Gasteiger partial charge is 0.306 e. The summed E-state index contributed by atoms with van der Waals surface area (Å²) in [4.78, 5) is 27.4. The Balaban J connectivity index is 4.33. The van der Waals surface area contributed by atoms with Gasteiger partial charge < -0.3 is 25.2 Å². The first-order valence-electron chi connectivity index (χ1n) is 24.4. The average Bonchev–Trinajstić information content (AvgIpc) is 3.17. The predicted molar refractivity (Wildman–Crippen MR) is 236 cm³/mol. The third kappa shape index (κ3) is 40.8. The molecular formula is C48H96N2O5. The molecule has 7 heteroatoms. The molecule has 0 amide bonds. The molecule has 0 bridgehead atoms. The van der Waals surface area contributed by atoms with Crippen molar-refractivity contribution in [1.82, 2.24) is 4.90 Å². The van der Waals surface area contributed by atoms with E-state index >= 15 is 0 Å². The first-order chi connectivity index (χ1) is 27.0. The van der Waals surface area contributed by atoms with Crippen molar-refractivity contribution < 1.29 is 24.2 Å². The zero-order valence-corrected chi connectivity index (χ0v) is 37.3. The van der Waals surface area contributed by atoms with E-state index in [0.29, 0.717) is 32.5 Å². The number of nitrogens with zero attached hydrogens (tertiary/aromatic N) is 1. The summed E-state index contributed by atoms with van der Waals surface area (Å²) in [5, 5.41) is 10.7. The summed E-state index contributed by atoms with van der Waals surface area (Å²) < 4.78 is 11.5. The van der Waals surface area contributed by atoms with Crippen molar-refractivity contribution in [3.8, 4) is 0 Å². The van der Waals surface area contributed by atoms with E-state index in [4.69, 9.17) is 15.2 Å². The molecule has 0 saturated carbocycles. The number of carbonyl (C=O) groups excluding carboxylic acids is 2. The molecule has 0 rings (SSSR count). The largest absolute Gasteiger partial charge is 0.466 e. The van der Waals surface area contributed by atoms with E-state index in [0.717, 1.165) is 109 Å². The molecule has 0 aliphatic carbocycles. The van der Waals surface area contributed by atoms with Crippen LogP contribution in [0.25, 0.3) is 0 Å². The standard InChI is InChI=1S/C48H96N2O5/c1-4-7-10-13-16-17-18-24-34-43-54-47(52)38-29-25-33-42-50(44-45(51)35-30-31-40-49)41-32-23-19-22-28-39-48(53)55-46(36-26-20-14-11-8-5-2)37-27-21-15-12-9-6-3/h45-46,51H,4-44,49H2,1-3H3. The molecule has 328 valence electrons. The van der Waals surface area contributed by atoms with E-state index in [1.807, 2.05) is 0 Å². The Morgan fingerprint density at radius 3 is 1.40 bits per heavy atom. The van der Waals surface area contributed by atoms with Crippen LogP contribution in [0.3, 0.4) is 0 Å². The highest BCUT2D eigenvalue weighted by Gasteiger charge is 2.15. The molecule has 0 spiro atoms. The number of carbonyl (C=O) groups is 2. The van der Waals surface area contributed by atoms with Gasteiger partial charge in [-0.15, -0.1) is 0 Å². The number of unbranched alkanes of at least 4 members (excludes halogenated alkanes) is 25. The minimum atomic E-state index is -0.320. The van der Waals surface area contributed by atoms with Gasteiger partial charge in [-0.3, -0.25) is 9.59 Å². The monoisotopic (exact) mass is 781 g/mol. The summed E-state index contributed by atoms with van der Waals surface area (Å²) in [7, 11) is 0. The van der Waals surface area contributed by atoms with Crippen LogP contribution in [-0.4, -0.2) is 66.9 Å². The van der Waals surface area contributed by atoms with Gasteiger partial charge in [0.1, 0.15) is 6.10 Å². The van der Waals surface area contributed by atoms with Gasteiger partial charge in [-0.25, -0.2) is 0 Å². The fraction of sp³-hybridized carbons (Fsp3) is 0.958. The van der Waals surface area contributed by atoms with Crippen molar-refractivity contribution in [2.75, 3.05) is 32.8 Å². The minimum Gasteiger partial charge on any atom is -0.466 e. The fourth-order valence-corrected chi connectivity index (χ4v) is 7.61. The number of rotatable bonds is 45. The second-order valence-electron chi connectivity index (χ2n) is 16.8. The lowest BCUT2D eigenvalue weighted by atomic mass is 10.0. The lowest BCUT2D eigenvalue weighted by Gasteiger charge is -2.25. The van der Waals surface area contributed by atoms with E-state index < -0.39 is 0 Å². The van der Waals surface area contributed by atoms with Crippen LogP contribution in [-0.2, 0) is 19.1 Å². The van der Waals surface area contributed by atoms with E-state index in [1.165, 1.54) is 122 Å². The van der Waals surface area contributed by atoms with Crippen LogP contribution in [0.1, 0.15) is 252 Å². The van der Waals surface area contributed by atoms with Gasteiger partial charge in [-0.05, 0) is 96.7 Å². The van der Waals surface area contributed by atoms with Crippen LogP contribution in [0.4, 0.5) is 0 Å². The number of nitrogens with two attached hydrogens (primary N) is 1. The van der Waals surface area contributed by atoms with E-state index in [9.17, 15) is 14.7 Å². The highest BCUT2D eigenvalue weighted by atomic mass is 16.5. The van der Waals surface area contributed by atoms with Gasteiger partial charge in [0.2, 0.25) is 0 Å². The molecular weight excluding hydrogens is 685 g/mol. The number of hydrogen-bond donors (Lipinski definition) is 2. The molecule has 1 atom stereocenters. The van der Waals surface area contributed by atoms with Gasteiger partial charge in [0, 0.05) is 19.4 Å². The van der Waals surface area contributed by atoms with Crippen LogP contribution in [0.2, 0.25) is 0 Å². The minimum absolute atomic E-state index is 0.00355. The first kappa shape index (κ1) is 53.8. The molecule has 0 aromatic heterocycles. The number of ether oxygens (including phenoxy) is 2. The zero-order chi connectivity index (χ0) is 40.3. The topological polar surface area (TPSA) is 102 Å². The van der Waals surface area contributed by atoms with Crippen molar-refractivity contribution in [1.29, 1.82) is 0 Å². The molecule has 0 fully saturated rings. The molecule has 0 radical (unpaired) electrons.